The standard InChI is InChI=1S/C21H26N2O4/c1-20(2,3)27-19(26)23-10-9-21-14-6-4-5-7-16(14)22-18(25)15(21)12-13(8-11-24)17(21)23/h4-8,15,17,24H,9-12H2,1-3H3,(H,22,25)/b13-8+/t15-,17+,21+/m1/s1. The summed E-state index contributed by atoms with van der Waals surface area (Å²) in [5, 5.41) is 12.6. The number of aliphatic hydroxyl groups is 1. The second-order valence-corrected chi connectivity index (χ2v) is 8.62. The molecular weight excluding hydrogens is 344 g/mol. The lowest BCUT2D eigenvalue weighted by molar-refractivity contribution is -0.122. The van der Waals surface area contributed by atoms with Gasteiger partial charge in [0.25, 0.3) is 0 Å². The summed E-state index contributed by atoms with van der Waals surface area (Å²) in [6.45, 7) is 5.96. The number of anilines is 1. The van der Waals surface area contributed by atoms with Crippen molar-refractivity contribution < 1.29 is 19.4 Å². The quantitative estimate of drug-likeness (QED) is 0.745. The smallest absolute Gasteiger partial charge is 0.410 e. The summed E-state index contributed by atoms with van der Waals surface area (Å²) in [5.41, 5.74) is 1.79. The highest BCUT2D eigenvalue weighted by atomic mass is 16.6. The van der Waals surface area contributed by atoms with E-state index in [0.717, 1.165) is 16.8 Å². The highest BCUT2D eigenvalue weighted by Crippen LogP contribution is 2.59. The molecule has 1 aromatic carbocycles. The molecule has 1 saturated heterocycles. The Hall–Kier alpha value is -2.34. The molecule has 3 atom stereocenters. The summed E-state index contributed by atoms with van der Waals surface area (Å²) in [4.78, 5) is 27.6. The van der Waals surface area contributed by atoms with E-state index in [1.54, 1.807) is 11.0 Å². The van der Waals surface area contributed by atoms with E-state index < -0.39 is 11.0 Å². The average Bonchev–Trinajstić information content (AvgIpc) is 3.11. The molecule has 1 spiro atoms. The van der Waals surface area contributed by atoms with E-state index in [1.165, 1.54) is 0 Å². The van der Waals surface area contributed by atoms with Crippen molar-refractivity contribution in [3.8, 4) is 0 Å². The number of hydrogen-bond donors (Lipinski definition) is 2. The molecule has 1 saturated carbocycles. The van der Waals surface area contributed by atoms with E-state index in [9.17, 15) is 14.7 Å². The molecule has 6 heteroatoms. The predicted molar refractivity (Wildman–Crippen MR) is 101 cm³/mol. The Morgan fingerprint density at radius 2 is 2.15 bits per heavy atom. The van der Waals surface area contributed by atoms with E-state index in [0.29, 0.717) is 19.4 Å². The van der Waals surface area contributed by atoms with E-state index in [4.69, 9.17) is 4.74 Å². The van der Waals surface area contributed by atoms with Gasteiger partial charge >= 0.3 is 6.09 Å². The first-order chi connectivity index (χ1) is 12.8. The Bertz CT molecular complexity index is 826. The van der Waals surface area contributed by atoms with Crippen molar-refractivity contribution in [2.45, 2.75) is 50.7 Å². The predicted octanol–water partition coefficient (Wildman–Crippen LogP) is 2.82. The van der Waals surface area contributed by atoms with E-state index in [1.807, 2.05) is 39.0 Å². The number of benzene rings is 1. The van der Waals surface area contributed by atoms with E-state index >= 15 is 0 Å². The Kier molecular flexibility index (Phi) is 4.07. The molecule has 2 aliphatic heterocycles. The Balaban J connectivity index is 1.83. The van der Waals surface area contributed by atoms with Gasteiger partial charge in [-0.15, -0.1) is 0 Å². The number of rotatable bonds is 1. The molecule has 2 amide bonds. The maximum Gasteiger partial charge on any atom is 0.410 e. The van der Waals surface area contributed by atoms with Crippen LogP contribution in [0.5, 0.6) is 0 Å². The molecule has 27 heavy (non-hydrogen) atoms. The maximum atomic E-state index is 12.9. The van der Waals surface area contributed by atoms with Gasteiger partial charge in [-0.25, -0.2) is 4.79 Å². The van der Waals surface area contributed by atoms with Crippen molar-refractivity contribution in [1.29, 1.82) is 0 Å². The molecule has 6 nitrogen and oxygen atoms in total. The number of fused-ring (bicyclic) bond motifs is 1. The summed E-state index contributed by atoms with van der Waals surface area (Å²) in [5.74, 6) is -0.256. The zero-order valence-corrected chi connectivity index (χ0v) is 16.0. The van der Waals surface area contributed by atoms with Gasteiger partial charge in [-0.1, -0.05) is 24.3 Å². The number of likely N-dealkylation sites (tertiary alicyclic amines) is 1. The molecule has 0 unspecified atom stereocenters. The second kappa shape index (κ2) is 6.09. The Morgan fingerprint density at radius 1 is 1.41 bits per heavy atom. The first-order valence-electron chi connectivity index (χ1n) is 9.48. The minimum Gasteiger partial charge on any atom is -0.444 e. The molecular formula is C21H26N2O4. The van der Waals surface area contributed by atoms with Crippen LogP contribution in [0.3, 0.4) is 0 Å². The van der Waals surface area contributed by atoms with Gasteiger partial charge in [0, 0.05) is 17.6 Å². The minimum atomic E-state index is -0.590. The van der Waals surface area contributed by atoms with Crippen LogP contribution in [-0.2, 0) is 14.9 Å². The van der Waals surface area contributed by atoms with Crippen LogP contribution >= 0.6 is 0 Å². The highest BCUT2D eigenvalue weighted by Gasteiger charge is 2.64. The third kappa shape index (κ3) is 2.65. The van der Waals surface area contributed by atoms with E-state index in [2.05, 4.69) is 11.4 Å². The summed E-state index contributed by atoms with van der Waals surface area (Å²) < 4.78 is 5.64. The van der Waals surface area contributed by atoms with Crippen LogP contribution in [-0.4, -0.2) is 46.8 Å². The van der Waals surface area contributed by atoms with Crippen LogP contribution in [0.1, 0.15) is 39.2 Å². The number of amides is 2. The highest BCUT2D eigenvalue weighted by molar-refractivity contribution is 5.99. The molecule has 144 valence electrons. The van der Waals surface area contributed by atoms with Crippen molar-refractivity contribution >= 4 is 17.7 Å². The van der Waals surface area contributed by atoms with Gasteiger partial charge < -0.3 is 20.1 Å². The van der Waals surface area contributed by atoms with Gasteiger partial charge in [0.15, 0.2) is 0 Å². The molecule has 1 aliphatic carbocycles. The lowest BCUT2D eigenvalue weighted by atomic mass is 9.66. The van der Waals surface area contributed by atoms with Crippen LogP contribution < -0.4 is 5.32 Å². The molecule has 2 fully saturated rings. The van der Waals surface area contributed by atoms with Gasteiger partial charge in [0.1, 0.15) is 5.60 Å². The third-order valence-electron chi connectivity index (χ3n) is 5.96. The van der Waals surface area contributed by atoms with Crippen LogP contribution in [0, 0.1) is 5.92 Å². The lowest BCUT2D eigenvalue weighted by Crippen LogP contribution is -2.50. The lowest BCUT2D eigenvalue weighted by Gasteiger charge is -2.41. The molecule has 2 N–H and O–H groups in total. The van der Waals surface area contributed by atoms with E-state index in [-0.39, 0.29) is 30.6 Å². The number of ether oxygens (including phenoxy) is 1. The number of aliphatic hydroxyl groups excluding tert-OH is 1. The van der Waals surface area contributed by atoms with Gasteiger partial charge in [0.05, 0.1) is 18.6 Å². The second-order valence-electron chi connectivity index (χ2n) is 8.62. The monoisotopic (exact) mass is 370 g/mol. The number of para-hydroxylation sites is 1. The minimum absolute atomic E-state index is 0.00826. The topological polar surface area (TPSA) is 78.9 Å². The van der Waals surface area contributed by atoms with Crippen molar-refractivity contribution in [1.82, 2.24) is 4.90 Å². The van der Waals surface area contributed by atoms with Crippen LogP contribution in [0.4, 0.5) is 10.5 Å². The summed E-state index contributed by atoms with van der Waals surface area (Å²) in [6, 6.07) is 7.58. The van der Waals surface area contributed by atoms with Gasteiger partial charge in [-0.05, 0) is 50.8 Å². The number of carbonyl (C=O) groups excluding carboxylic acids is 2. The normalized spacial score (nSPS) is 30.6. The fourth-order valence-corrected chi connectivity index (χ4v) is 5.12. The van der Waals surface area contributed by atoms with Crippen LogP contribution in [0.25, 0.3) is 0 Å². The molecule has 4 rings (SSSR count). The largest absolute Gasteiger partial charge is 0.444 e. The number of nitrogens with zero attached hydrogens (tertiary/aromatic N) is 1. The Morgan fingerprint density at radius 3 is 2.85 bits per heavy atom. The first-order valence-corrected chi connectivity index (χ1v) is 9.48. The molecule has 0 bridgehead atoms. The summed E-state index contributed by atoms with van der Waals surface area (Å²) in [6.07, 6.45) is 2.64. The van der Waals surface area contributed by atoms with Crippen molar-refractivity contribution in [2.24, 2.45) is 5.92 Å². The van der Waals surface area contributed by atoms with Gasteiger partial charge in [0.2, 0.25) is 5.91 Å². The first kappa shape index (κ1) is 18.0. The maximum absolute atomic E-state index is 12.9. The molecule has 1 aromatic rings. The fraction of sp³-hybridized carbons (Fsp3) is 0.524. The molecule has 3 aliphatic rings. The van der Waals surface area contributed by atoms with Crippen LogP contribution in [0.2, 0.25) is 0 Å². The van der Waals surface area contributed by atoms with Crippen molar-refractivity contribution in [3.63, 3.8) is 0 Å². The number of nitrogens with one attached hydrogen (secondary N) is 1. The number of hydrogen-bond acceptors (Lipinski definition) is 4. The van der Waals surface area contributed by atoms with Crippen LogP contribution in [0.15, 0.2) is 35.9 Å². The van der Waals surface area contributed by atoms with Crippen molar-refractivity contribution in [3.05, 3.63) is 41.5 Å². The SMILES string of the molecule is CC(C)(C)OC(=O)N1CC[C@]23c4ccccc4NC(=O)[C@H]2C/C(=C\CO)[C@H]13. The average molecular weight is 370 g/mol. The molecule has 0 radical (unpaired) electrons. The fourth-order valence-electron chi connectivity index (χ4n) is 5.12. The zero-order chi connectivity index (χ0) is 19.4. The molecule has 0 aromatic heterocycles. The Labute approximate surface area is 159 Å². The van der Waals surface area contributed by atoms with Crippen molar-refractivity contribution in [2.75, 3.05) is 18.5 Å². The zero-order valence-electron chi connectivity index (χ0n) is 16.0. The van der Waals surface area contributed by atoms with Gasteiger partial charge in [-0.3, -0.25) is 4.79 Å². The summed E-state index contributed by atoms with van der Waals surface area (Å²) >= 11 is 0. The number of carbonyl (C=O) groups is 2. The van der Waals surface area contributed by atoms with Gasteiger partial charge in [-0.2, -0.15) is 0 Å². The summed E-state index contributed by atoms with van der Waals surface area (Å²) in [7, 11) is 0. The molecule has 2 heterocycles. The third-order valence-corrected chi connectivity index (χ3v) is 5.96.